The monoisotopic (exact) mass is 256 g/mol. The largest absolute Gasteiger partial charge is 0.329 e. The molecule has 1 rings (SSSR count). The molecule has 1 aliphatic rings. The fraction of sp³-hybridized carbons (Fsp3) is 1.00. The van der Waals surface area contributed by atoms with E-state index in [0.29, 0.717) is 6.42 Å². The fourth-order valence-corrected chi connectivity index (χ4v) is 4.19. The van der Waals surface area contributed by atoms with Gasteiger partial charge in [-0.1, -0.05) is 0 Å². The summed E-state index contributed by atoms with van der Waals surface area (Å²) in [6.45, 7) is 0.401. The van der Waals surface area contributed by atoms with Gasteiger partial charge in [-0.05, 0) is 6.42 Å². The van der Waals surface area contributed by atoms with E-state index in [4.69, 9.17) is 5.73 Å². The molecule has 1 fully saturated rings. The summed E-state index contributed by atoms with van der Waals surface area (Å²) in [4.78, 5) is 0. The minimum absolute atomic E-state index is 0.0602. The van der Waals surface area contributed by atoms with Crippen molar-refractivity contribution in [3.8, 4) is 0 Å². The maximum Gasteiger partial charge on any atom is 0.215 e. The van der Waals surface area contributed by atoms with Crippen LogP contribution in [0.25, 0.3) is 0 Å². The quantitative estimate of drug-likeness (QED) is 0.655. The third kappa shape index (κ3) is 3.71. The predicted octanol–water partition coefficient (Wildman–Crippen LogP) is -1.60. The van der Waals surface area contributed by atoms with Gasteiger partial charge in [-0.2, -0.15) is 0 Å². The van der Waals surface area contributed by atoms with Crippen LogP contribution in [0.2, 0.25) is 0 Å². The molecule has 0 radical (unpaired) electrons. The Morgan fingerprint density at radius 2 is 1.87 bits per heavy atom. The highest BCUT2D eigenvalue weighted by Gasteiger charge is 2.26. The summed E-state index contributed by atoms with van der Waals surface area (Å²) in [7, 11) is -6.43. The smallest absolute Gasteiger partial charge is 0.215 e. The third-order valence-electron chi connectivity index (χ3n) is 2.28. The maximum atomic E-state index is 11.6. The van der Waals surface area contributed by atoms with Gasteiger partial charge in [-0.15, -0.1) is 0 Å². The minimum Gasteiger partial charge on any atom is -0.329 e. The molecule has 8 heteroatoms. The lowest BCUT2D eigenvalue weighted by atomic mass is 10.5. The van der Waals surface area contributed by atoms with Crippen LogP contribution >= 0.6 is 0 Å². The van der Waals surface area contributed by atoms with E-state index in [1.54, 1.807) is 0 Å². The van der Waals surface area contributed by atoms with Crippen molar-refractivity contribution in [2.24, 2.45) is 5.73 Å². The van der Waals surface area contributed by atoms with Crippen molar-refractivity contribution in [3.05, 3.63) is 0 Å². The van der Waals surface area contributed by atoms with E-state index in [9.17, 15) is 16.8 Å². The van der Waals surface area contributed by atoms with E-state index < -0.39 is 19.9 Å². The predicted molar refractivity (Wildman–Crippen MR) is 57.7 cm³/mol. The molecule has 0 spiro atoms. The van der Waals surface area contributed by atoms with Gasteiger partial charge in [0.1, 0.15) is 0 Å². The lowest BCUT2D eigenvalue weighted by Gasteiger charge is -2.18. The van der Waals surface area contributed by atoms with Crippen LogP contribution in [0.5, 0.6) is 0 Å². The standard InChI is InChI=1S/C7H16N2O4S2/c8-2-6-15(12,13)9-3-1-5-14(10,11)7-4-9/h1-8H2. The summed E-state index contributed by atoms with van der Waals surface area (Å²) >= 11 is 0. The van der Waals surface area contributed by atoms with Crippen molar-refractivity contribution >= 4 is 19.9 Å². The van der Waals surface area contributed by atoms with E-state index in [-0.39, 0.29) is 36.9 Å². The van der Waals surface area contributed by atoms with Crippen molar-refractivity contribution in [1.82, 2.24) is 4.31 Å². The number of sulfone groups is 1. The topological polar surface area (TPSA) is 97.5 Å². The molecule has 0 aromatic carbocycles. The lowest BCUT2D eigenvalue weighted by Crippen LogP contribution is -2.37. The van der Waals surface area contributed by atoms with Gasteiger partial charge in [0.15, 0.2) is 9.84 Å². The van der Waals surface area contributed by atoms with Crippen molar-refractivity contribution in [1.29, 1.82) is 0 Å². The Morgan fingerprint density at radius 3 is 2.47 bits per heavy atom. The zero-order chi connectivity index (χ0) is 11.5. The van der Waals surface area contributed by atoms with Gasteiger partial charge in [0.2, 0.25) is 10.0 Å². The Hall–Kier alpha value is -0.180. The molecule has 6 nitrogen and oxygen atoms in total. The highest BCUT2D eigenvalue weighted by molar-refractivity contribution is 7.91. The van der Waals surface area contributed by atoms with Gasteiger partial charge in [0.25, 0.3) is 0 Å². The average Bonchev–Trinajstić information content (AvgIpc) is 2.26. The summed E-state index contributed by atoms with van der Waals surface area (Å²) in [5.74, 6) is -0.133. The molecule has 90 valence electrons. The molecule has 1 aliphatic heterocycles. The summed E-state index contributed by atoms with van der Waals surface area (Å²) in [6, 6.07) is 0. The number of rotatable bonds is 3. The van der Waals surface area contributed by atoms with Gasteiger partial charge >= 0.3 is 0 Å². The van der Waals surface area contributed by atoms with Crippen LogP contribution < -0.4 is 5.73 Å². The summed E-state index contributed by atoms with van der Waals surface area (Å²) in [5, 5.41) is 0. The number of hydrogen-bond acceptors (Lipinski definition) is 5. The van der Waals surface area contributed by atoms with Crippen LogP contribution in [0.4, 0.5) is 0 Å². The molecular formula is C7H16N2O4S2. The molecule has 0 saturated carbocycles. The van der Waals surface area contributed by atoms with E-state index in [0.717, 1.165) is 0 Å². The Morgan fingerprint density at radius 1 is 1.20 bits per heavy atom. The second-order valence-corrected chi connectivity index (χ2v) is 7.90. The van der Waals surface area contributed by atoms with Crippen molar-refractivity contribution in [3.63, 3.8) is 0 Å². The summed E-state index contributed by atoms with van der Waals surface area (Å²) in [5.41, 5.74) is 5.19. The Labute approximate surface area is 90.4 Å². The number of hydrogen-bond donors (Lipinski definition) is 1. The SMILES string of the molecule is NCCS(=O)(=O)N1CCCS(=O)(=O)CC1. The van der Waals surface area contributed by atoms with Gasteiger partial charge in [-0.25, -0.2) is 21.1 Å². The zero-order valence-corrected chi connectivity index (χ0v) is 10.1. The van der Waals surface area contributed by atoms with Crippen molar-refractivity contribution < 1.29 is 16.8 Å². The average molecular weight is 256 g/mol. The van der Waals surface area contributed by atoms with Gasteiger partial charge < -0.3 is 5.73 Å². The molecular weight excluding hydrogens is 240 g/mol. The molecule has 0 aromatic rings. The van der Waals surface area contributed by atoms with Crippen LogP contribution in [0.3, 0.4) is 0 Å². The minimum atomic E-state index is -3.36. The normalized spacial score (nSPS) is 23.5. The molecule has 15 heavy (non-hydrogen) atoms. The molecule has 0 aromatic heterocycles. The van der Waals surface area contributed by atoms with Crippen molar-refractivity contribution in [2.45, 2.75) is 6.42 Å². The molecule has 0 aliphatic carbocycles. The molecule has 0 bridgehead atoms. The highest BCUT2D eigenvalue weighted by Crippen LogP contribution is 2.09. The lowest BCUT2D eigenvalue weighted by molar-refractivity contribution is 0.435. The van der Waals surface area contributed by atoms with Crippen LogP contribution in [-0.2, 0) is 19.9 Å². The number of nitrogens with zero attached hydrogens (tertiary/aromatic N) is 1. The maximum absolute atomic E-state index is 11.6. The van der Waals surface area contributed by atoms with Crippen LogP contribution in [-0.4, -0.2) is 58.0 Å². The van der Waals surface area contributed by atoms with Gasteiger partial charge in [0, 0.05) is 19.6 Å². The first-order valence-corrected chi connectivity index (χ1v) is 8.19. The Kier molecular flexibility index (Phi) is 4.10. The second-order valence-electron chi connectivity index (χ2n) is 3.51. The molecule has 1 heterocycles. The summed E-state index contributed by atoms with van der Waals surface area (Å²) < 4.78 is 46.9. The first kappa shape index (κ1) is 12.9. The van der Waals surface area contributed by atoms with Crippen molar-refractivity contribution in [2.75, 3.05) is 36.9 Å². The fourth-order valence-electron chi connectivity index (χ4n) is 1.47. The highest BCUT2D eigenvalue weighted by atomic mass is 32.2. The van der Waals surface area contributed by atoms with E-state index in [2.05, 4.69) is 0 Å². The summed E-state index contributed by atoms with van der Waals surface area (Å²) in [6.07, 6.45) is 0.367. The number of nitrogens with two attached hydrogens (primary N) is 1. The molecule has 0 atom stereocenters. The Balaban J connectivity index is 2.74. The zero-order valence-electron chi connectivity index (χ0n) is 8.42. The molecule has 1 saturated heterocycles. The first-order valence-electron chi connectivity index (χ1n) is 4.76. The number of sulfonamides is 1. The van der Waals surface area contributed by atoms with E-state index in [1.807, 2.05) is 0 Å². The van der Waals surface area contributed by atoms with Crippen LogP contribution in [0, 0.1) is 0 Å². The van der Waals surface area contributed by atoms with Crippen LogP contribution in [0.1, 0.15) is 6.42 Å². The molecule has 0 unspecified atom stereocenters. The molecule has 0 amide bonds. The van der Waals surface area contributed by atoms with Gasteiger partial charge in [0.05, 0.1) is 17.3 Å². The second kappa shape index (κ2) is 4.77. The first-order chi connectivity index (χ1) is 6.87. The third-order valence-corrected chi connectivity index (χ3v) is 5.90. The van der Waals surface area contributed by atoms with Gasteiger partial charge in [-0.3, -0.25) is 0 Å². The Bertz CT molecular complexity index is 401. The van der Waals surface area contributed by atoms with Crippen LogP contribution in [0.15, 0.2) is 0 Å². The molecule has 2 N–H and O–H groups in total. The van der Waals surface area contributed by atoms with E-state index in [1.165, 1.54) is 4.31 Å². The van der Waals surface area contributed by atoms with E-state index >= 15 is 0 Å².